The van der Waals surface area contributed by atoms with Crippen molar-refractivity contribution in [1.82, 2.24) is 10.6 Å². The number of amides is 1. The average molecular weight is 673 g/mol. The fraction of sp³-hybridized carbons (Fsp3) is 0.265. The molecule has 0 spiro atoms. The van der Waals surface area contributed by atoms with Crippen molar-refractivity contribution in [2.24, 2.45) is 0 Å². The Morgan fingerprint density at radius 2 is 1.60 bits per heavy atom. The number of hydrogen-bond donors (Lipinski definition) is 4. The number of rotatable bonds is 11. The first-order chi connectivity index (χ1) is 22.3. The number of hydrogen-bond acceptors (Lipinski definition) is 6. The van der Waals surface area contributed by atoms with Crippen LogP contribution in [0.25, 0.3) is 0 Å². The summed E-state index contributed by atoms with van der Waals surface area (Å²) in [5.74, 6) is -4.40. The SMILES string of the molecule is C[C@H]1CNC[C@](CCc2c(F)cccc2N[C@@H](Cc2ccc(F)cc2)C(=O)Nc2cc(F)cc(F)c2)(S(=O)(=O)c2cccc(F)c2)N1. The molecule has 0 aromatic heterocycles. The van der Waals surface area contributed by atoms with Crippen LogP contribution in [0.3, 0.4) is 0 Å². The van der Waals surface area contributed by atoms with Crippen LogP contribution in [0.1, 0.15) is 24.5 Å². The van der Waals surface area contributed by atoms with E-state index >= 15 is 4.39 Å². The molecule has 1 heterocycles. The van der Waals surface area contributed by atoms with Crippen molar-refractivity contribution < 1.29 is 35.2 Å². The monoisotopic (exact) mass is 672 g/mol. The van der Waals surface area contributed by atoms with E-state index in [-0.39, 0.29) is 53.7 Å². The molecule has 0 unspecified atom stereocenters. The summed E-state index contributed by atoms with van der Waals surface area (Å²) >= 11 is 0. The van der Waals surface area contributed by atoms with E-state index in [1.165, 1.54) is 54.6 Å². The van der Waals surface area contributed by atoms with Gasteiger partial charge in [-0.05, 0) is 79.9 Å². The van der Waals surface area contributed by atoms with Crippen molar-refractivity contribution in [1.29, 1.82) is 0 Å². The van der Waals surface area contributed by atoms with E-state index < -0.39 is 55.7 Å². The first-order valence-electron chi connectivity index (χ1n) is 14.9. The Morgan fingerprint density at radius 3 is 2.28 bits per heavy atom. The van der Waals surface area contributed by atoms with Gasteiger partial charge in [0, 0.05) is 48.6 Å². The first kappa shape index (κ1) is 34.0. The fourth-order valence-corrected chi connectivity index (χ4v) is 7.75. The zero-order valence-corrected chi connectivity index (χ0v) is 26.1. The van der Waals surface area contributed by atoms with Crippen LogP contribution in [0.2, 0.25) is 0 Å². The summed E-state index contributed by atoms with van der Waals surface area (Å²) < 4.78 is 99.0. The second-order valence-electron chi connectivity index (χ2n) is 11.6. The fourth-order valence-electron chi connectivity index (χ4n) is 5.75. The van der Waals surface area contributed by atoms with Gasteiger partial charge in [-0.2, -0.15) is 0 Å². The topological polar surface area (TPSA) is 99.3 Å². The summed E-state index contributed by atoms with van der Waals surface area (Å²) in [6, 6.07) is 15.3. The van der Waals surface area contributed by atoms with Gasteiger partial charge in [0.05, 0.1) is 4.90 Å². The van der Waals surface area contributed by atoms with Gasteiger partial charge in [-0.25, -0.2) is 30.4 Å². The quantitative estimate of drug-likeness (QED) is 0.152. The first-order valence-corrected chi connectivity index (χ1v) is 16.4. The van der Waals surface area contributed by atoms with Crippen LogP contribution in [0, 0.1) is 29.1 Å². The number of piperazine rings is 1. The third-order valence-electron chi connectivity index (χ3n) is 8.02. The molecule has 1 aliphatic rings. The number of nitrogens with one attached hydrogen (secondary N) is 4. The molecule has 0 aliphatic carbocycles. The van der Waals surface area contributed by atoms with E-state index in [2.05, 4.69) is 21.3 Å². The molecule has 4 N–H and O–H groups in total. The van der Waals surface area contributed by atoms with E-state index in [1.54, 1.807) is 6.92 Å². The van der Waals surface area contributed by atoms with Crippen molar-refractivity contribution >= 4 is 27.1 Å². The number of sulfone groups is 1. The third-order valence-corrected chi connectivity index (χ3v) is 10.4. The molecule has 13 heteroatoms. The number of carbonyl (C=O) groups excluding carboxylic acids is 1. The number of halogens is 5. The molecular formula is C34H33F5N4O3S. The average Bonchev–Trinajstić information content (AvgIpc) is 3.01. The highest BCUT2D eigenvalue weighted by Crippen LogP contribution is 2.33. The predicted octanol–water partition coefficient (Wildman–Crippen LogP) is 5.73. The number of carbonyl (C=O) groups is 1. The van der Waals surface area contributed by atoms with E-state index in [9.17, 15) is 30.8 Å². The van der Waals surface area contributed by atoms with Crippen LogP contribution in [0.4, 0.5) is 33.3 Å². The lowest BCUT2D eigenvalue weighted by Gasteiger charge is -2.41. The van der Waals surface area contributed by atoms with Gasteiger partial charge in [0.1, 0.15) is 40.0 Å². The third kappa shape index (κ3) is 7.98. The standard InChI is InChI=1S/C34H33F5N4O3S/c1-21-19-40-20-34(43-21,47(45,46)28-5-2-4-24(36)18-28)13-12-29-30(39)6-3-7-31(29)42-32(14-22-8-10-23(35)11-9-22)33(44)41-27-16-25(37)15-26(38)17-27/h2-11,15-18,21,32,40,42-43H,12-14,19-20H2,1H3,(H,41,44)/t21-,32-,34-/m0/s1. The highest BCUT2D eigenvalue weighted by molar-refractivity contribution is 7.92. The van der Waals surface area contributed by atoms with Crippen molar-refractivity contribution in [2.45, 2.75) is 48.0 Å². The van der Waals surface area contributed by atoms with Crippen LogP contribution >= 0.6 is 0 Å². The second-order valence-corrected chi connectivity index (χ2v) is 13.8. The molecule has 0 saturated carbocycles. The second kappa shape index (κ2) is 14.2. The minimum Gasteiger partial charge on any atom is -0.373 e. The van der Waals surface area contributed by atoms with Crippen LogP contribution < -0.4 is 21.3 Å². The van der Waals surface area contributed by atoms with Gasteiger partial charge >= 0.3 is 0 Å². The highest BCUT2D eigenvalue weighted by Gasteiger charge is 2.47. The molecule has 248 valence electrons. The Kier molecular flexibility index (Phi) is 10.3. The number of anilines is 2. The van der Waals surface area contributed by atoms with Crippen LogP contribution in [-0.4, -0.2) is 44.4 Å². The summed E-state index contributed by atoms with van der Waals surface area (Å²) in [6.07, 6.45) is -0.276. The molecule has 4 aromatic rings. The van der Waals surface area contributed by atoms with E-state index in [0.717, 1.165) is 24.3 Å². The lowest BCUT2D eigenvalue weighted by Crippen LogP contribution is -2.66. The number of benzene rings is 4. The van der Waals surface area contributed by atoms with Gasteiger partial charge in [0.15, 0.2) is 9.84 Å². The van der Waals surface area contributed by atoms with E-state index in [4.69, 9.17) is 0 Å². The minimum atomic E-state index is -4.21. The highest BCUT2D eigenvalue weighted by atomic mass is 32.2. The van der Waals surface area contributed by atoms with Gasteiger partial charge in [0.2, 0.25) is 5.91 Å². The Morgan fingerprint density at radius 1 is 0.894 bits per heavy atom. The zero-order valence-electron chi connectivity index (χ0n) is 25.3. The van der Waals surface area contributed by atoms with Crippen molar-refractivity contribution in [3.63, 3.8) is 0 Å². The molecule has 3 atom stereocenters. The minimum absolute atomic E-state index is 0.0270. The van der Waals surface area contributed by atoms with Crippen molar-refractivity contribution in [3.8, 4) is 0 Å². The van der Waals surface area contributed by atoms with Gasteiger partial charge in [-0.3, -0.25) is 10.1 Å². The van der Waals surface area contributed by atoms with E-state index in [1.807, 2.05) is 0 Å². The summed E-state index contributed by atoms with van der Waals surface area (Å²) in [5, 5.41) is 11.8. The summed E-state index contributed by atoms with van der Waals surface area (Å²) in [7, 11) is -4.21. The predicted molar refractivity (Wildman–Crippen MR) is 169 cm³/mol. The normalized spacial score (nSPS) is 18.8. The molecule has 1 saturated heterocycles. The molecule has 4 aromatic carbocycles. The maximum Gasteiger partial charge on any atom is 0.247 e. The van der Waals surface area contributed by atoms with Gasteiger partial charge in [-0.15, -0.1) is 0 Å². The molecule has 0 bridgehead atoms. The van der Waals surface area contributed by atoms with Crippen molar-refractivity contribution in [2.75, 3.05) is 23.7 Å². The molecule has 5 rings (SSSR count). The molecular weight excluding hydrogens is 639 g/mol. The van der Waals surface area contributed by atoms with Crippen molar-refractivity contribution in [3.05, 3.63) is 125 Å². The summed E-state index contributed by atoms with van der Waals surface area (Å²) in [5.41, 5.74) is 0.643. The Labute approximate surface area is 269 Å². The van der Waals surface area contributed by atoms with Crippen LogP contribution in [-0.2, 0) is 27.5 Å². The Bertz CT molecular complexity index is 1840. The van der Waals surface area contributed by atoms with Crippen LogP contribution in [0.5, 0.6) is 0 Å². The molecule has 7 nitrogen and oxygen atoms in total. The summed E-state index contributed by atoms with van der Waals surface area (Å²) in [6.45, 7) is 2.23. The molecule has 0 radical (unpaired) electrons. The van der Waals surface area contributed by atoms with E-state index in [0.29, 0.717) is 18.2 Å². The molecule has 1 amide bonds. The van der Waals surface area contributed by atoms with Crippen LogP contribution in [0.15, 0.2) is 89.8 Å². The smallest absolute Gasteiger partial charge is 0.247 e. The molecule has 1 aliphatic heterocycles. The summed E-state index contributed by atoms with van der Waals surface area (Å²) in [4.78, 5) is 11.6. The van der Waals surface area contributed by atoms with Gasteiger partial charge < -0.3 is 16.0 Å². The lowest BCUT2D eigenvalue weighted by molar-refractivity contribution is -0.116. The molecule has 1 fully saturated rings. The largest absolute Gasteiger partial charge is 0.373 e. The maximum absolute atomic E-state index is 15.5. The van der Waals surface area contributed by atoms with Gasteiger partial charge in [-0.1, -0.05) is 24.3 Å². The maximum atomic E-state index is 15.5. The Balaban J connectivity index is 1.46. The Hall–Kier alpha value is -4.33. The lowest BCUT2D eigenvalue weighted by atomic mass is 9.99. The zero-order chi connectivity index (χ0) is 33.8. The van der Waals surface area contributed by atoms with Gasteiger partial charge in [0.25, 0.3) is 0 Å². The molecule has 47 heavy (non-hydrogen) atoms.